The molecule has 1 aliphatic rings. The van der Waals surface area contributed by atoms with Gasteiger partial charge in [-0.05, 0) is 30.7 Å². The van der Waals surface area contributed by atoms with E-state index < -0.39 is 0 Å². The fourth-order valence-corrected chi connectivity index (χ4v) is 2.17. The number of hydrogen-bond acceptors (Lipinski definition) is 4. The number of hydrogen-bond donors (Lipinski definition) is 0. The van der Waals surface area contributed by atoms with Gasteiger partial charge in [-0.2, -0.15) is 0 Å². The third-order valence-electron chi connectivity index (χ3n) is 3.24. The number of carbonyl (C=O) groups excluding carboxylic acids is 2. The van der Waals surface area contributed by atoms with Gasteiger partial charge in [-0.25, -0.2) is 0 Å². The molecule has 0 saturated heterocycles. The molecule has 0 radical (unpaired) electrons. The lowest BCUT2D eigenvalue weighted by atomic mass is 10.1. The molecule has 1 aromatic rings. The Morgan fingerprint density at radius 3 is 2.67 bits per heavy atom. The zero-order valence-corrected chi connectivity index (χ0v) is 12.1. The van der Waals surface area contributed by atoms with Gasteiger partial charge in [0.25, 0.3) is 0 Å². The smallest absolute Gasteiger partial charge is 0.246 e. The highest BCUT2D eigenvalue weighted by Crippen LogP contribution is 2.30. The fraction of sp³-hybridized carbons (Fsp3) is 0.375. The molecule has 0 atom stereocenters. The summed E-state index contributed by atoms with van der Waals surface area (Å²) in [5.41, 5.74) is 0.853. The number of carbonyl (C=O) groups is 2. The van der Waals surface area contributed by atoms with Crippen molar-refractivity contribution in [2.24, 2.45) is 0 Å². The Hall–Kier alpha value is -2.30. The Morgan fingerprint density at radius 1 is 1.29 bits per heavy atom. The van der Waals surface area contributed by atoms with Gasteiger partial charge in [-0.15, -0.1) is 0 Å². The minimum atomic E-state index is -0.229. The van der Waals surface area contributed by atoms with E-state index >= 15 is 0 Å². The lowest BCUT2D eigenvalue weighted by Crippen LogP contribution is -2.34. The van der Waals surface area contributed by atoms with Crippen LogP contribution in [-0.2, 0) is 16.0 Å². The normalized spacial score (nSPS) is 12.6. The van der Waals surface area contributed by atoms with Gasteiger partial charge >= 0.3 is 0 Å². The second-order valence-corrected chi connectivity index (χ2v) is 4.75. The zero-order valence-electron chi connectivity index (χ0n) is 12.1. The average molecular weight is 289 g/mol. The number of fused-ring (bicyclic) bond motifs is 1. The van der Waals surface area contributed by atoms with Crippen LogP contribution >= 0.6 is 0 Å². The van der Waals surface area contributed by atoms with Gasteiger partial charge in [0.1, 0.15) is 13.2 Å². The monoisotopic (exact) mass is 289 g/mol. The van der Waals surface area contributed by atoms with Gasteiger partial charge in [0.15, 0.2) is 17.3 Å². The number of ketones is 1. The largest absolute Gasteiger partial charge is 0.486 e. The Labute approximate surface area is 124 Å². The molecular weight excluding hydrogens is 270 g/mol. The van der Waals surface area contributed by atoms with Gasteiger partial charge < -0.3 is 14.4 Å². The second-order valence-electron chi connectivity index (χ2n) is 4.75. The van der Waals surface area contributed by atoms with Gasteiger partial charge in [0.05, 0.1) is 6.54 Å². The van der Waals surface area contributed by atoms with E-state index in [9.17, 15) is 9.59 Å². The molecule has 0 bridgehead atoms. The van der Waals surface area contributed by atoms with Gasteiger partial charge in [0, 0.05) is 13.0 Å². The van der Waals surface area contributed by atoms with E-state index in [1.54, 1.807) is 0 Å². The van der Waals surface area contributed by atoms with Crippen molar-refractivity contribution in [2.45, 2.75) is 13.3 Å². The summed E-state index contributed by atoms with van der Waals surface area (Å²) in [5.74, 6) is 1.12. The number of Topliss-reactive ketones (excluding diaryl/α,β-unsaturated/α-hetero) is 1. The van der Waals surface area contributed by atoms with Crippen LogP contribution in [0.25, 0.3) is 0 Å². The molecule has 0 unspecified atom stereocenters. The highest BCUT2D eigenvalue weighted by Gasteiger charge is 2.16. The molecule has 5 heteroatoms. The lowest BCUT2D eigenvalue weighted by molar-refractivity contribution is -0.131. The van der Waals surface area contributed by atoms with Crippen LogP contribution in [0.3, 0.4) is 0 Å². The maximum atomic E-state index is 12.1. The highest BCUT2D eigenvalue weighted by atomic mass is 16.6. The van der Waals surface area contributed by atoms with Crippen molar-refractivity contribution in [1.29, 1.82) is 0 Å². The molecule has 1 heterocycles. The van der Waals surface area contributed by atoms with Crippen molar-refractivity contribution in [3.63, 3.8) is 0 Å². The van der Waals surface area contributed by atoms with E-state index in [0.717, 1.165) is 5.56 Å². The first kappa shape index (κ1) is 15.1. The number of ether oxygens (including phenoxy) is 2. The van der Waals surface area contributed by atoms with Crippen LogP contribution in [0.2, 0.25) is 0 Å². The van der Waals surface area contributed by atoms with Crippen LogP contribution in [0.4, 0.5) is 0 Å². The molecule has 0 aliphatic carbocycles. The molecule has 0 fully saturated rings. The van der Waals surface area contributed by atoms with E-state index in [2.05, 4.69) is 6.58 Å². The number of nitrogens with zero attached hydrogens (tertiary/aromatic N) is 1. The van der Waals surface area contributed by atoms with Gasteiger partial charge in [-0.3, -0.25) is 9.59 Å². The molecule has 112 valence electrons. The first-order valence-corrected chi connectivity index (χ1v) is 6.95. The summed E-state index contributed by atoms with van der Waals surface area (Å²) in [6, 6.07) is 5.47. The molecule has 21 heavy (non-hydrogen) atoms. The Balaban J connectivity index is 1.99. The van der Waals surface area contributed by atoms with E-state index in [1.165, 1.54) is 11.0 Å². The van der Waals surface area contributed by atoms with Crippen LogP contribution in [0, 0.1) is 0 Å². The predicted molar refractivity (Wildman–Crippen MR) is 78.6 cm³/mol. The van der Waals surface area contributed by atoms with Crippen molar-refractivity contribution in [3.8, 4) is 11.5 Å². The Morgan fingerprint density at radius 2 is 2.00 bits per heavy atom. The summed E-state index contributed by atoms with van der Waals surface area (Å²) in [5, 5.41) is 0. The third-order valence-corrected chi connectivity index (χ3v) is 3.24. The molecule has 0 N–H and O–H groups in total. The minimum Gasteiger partial charge on any atom is -0.486 e. The van der Waals surface area contributed by atoms with Crippen molar-refractivity contribution < 1.29 is 19.1 Å². The minimum absolute atomic E-state index is 0.0243. The Kier molecular flexibility index (Phi) is 4.98. The van der Waals surface area contributed by atoms with Crippen molar-refractivity contribution >= 4 is 11.7 Å². The predicted octanol–water partition coefficient (Wildman–Crippen LogP) is 1.60. The molecule has 1 aromatic carbocycles. The highest BCUT2D eigenvalue weighted by molar-refractivity contribution is 5.92. The second kappa shape index (κ2) is 6.92. The Bertz CT molecular complexity index is 553. The molecule has 0 saturated carbocycles. The van der Waals surface area contributed by atoms with Crippen LogP contribution in [0.5, 0.6) is 11.5 Å². The van der Waals surface area contributed by atoms with E-state index in [-0.39, 0.29) is 24.7 Å². The van der Waals surface area contributed by atoms with Gasteiger partial charge in [-0.1, -0.05) is 12.6 Å². The van der Waals surface area contributed by atoms with Gasteiger partial charge in [0.2, 0.25) is 5.91 Å². The van der Waals surface area contributed by atoms with E-state index in [1.807, 2.05) is 25.1 Å². The van der Waals surface area contributed by atoms with Crippen LogP contribution < -0.4 is 9.47 Å². The quantitative estimate of drug-likeness (QED) is 0.747. The van der Waals surface area contributed by atoms with Crippen LogP contribution in [0.1, 0.15) is 12.5 Å². The first-order chi connectivity index (χ1) is 10.1. The van der Waals surface area contributed by atoms with E-state index in [0.29, 0.717) is 31.3 Å². The molecule has 1 amide bonds. The third kappa shape index (κ3) is 3.84. The SMILES string of the molecule is C=CC(=O)N(CC)CC(=O)Cc1ccc2c(c1)OCCO2. The first-order valence-electron chi connectivity index (χ1n) is 6.95. The van der Waals surface area contributed by atoms with Crippen molar-refractivity contribution in [2.75, 3.05) is 26.3 Å². The fourth-order valence-electron chi connectivity index (χ4n) is 2.17. The maximum absolute atomic E-state index is 12.1. The van der Waals surface area contributed by atoms with Crippen LogP contribution in [0.15, 0.2) is 30.9 Å². The summed E-state index contributed by atoms with van der Waals surface area (Å²) in [6.07, 6.45) is 1.48. The number of amides is 1. The summed E-state index contributed by atoms with van der Waals surface area (Å²) in [6.45, 7) is 6.90. The molecule has 0 aromatic heterocycles. The number of benzene rings is 1. The van der Waals surface area contributed by atoms with Crippen LogP contribution in [-0.4, -0.2) is 42.9 Å². The summed E-state index contributed by atoms with van der Waals surface area (Å²) >= 11 is 0. The molecule has 5 nitrogen and oxygen atoms in total. The molecule has 2 rings (SSSR count). The topological polar surface area (TPSA) is 55.8 Å². The number of rotatable bonds is 6. The maximum Gasteiger partial charge on any atom is 0.246 e. The van der Waals surface area contributed by atoms with Crippen molar-refractivity contribution in [1.82, 2.24) is 4.90 Å². The summed E-state index contributed by atoms with van der Waals surface area (Å²) < 4.78 is 10.9. The molecule has 1 aliphatic heterocycles. The summed E-state index contributed by atoms with van der Waals surface area (Å²) in [7, 11) is 0. The summed E-state index contributed by atoms with van der Waals surface area (Å²) in [4.78, 5) is 25.1. The molecule has 0 spiro atoms. The van der Waals surface area contributed by atoms with E-state index in [4.69, 9.17) is 9.47 Å². The van der Waals surface area contributed by atoms with Crippen molar-refractivity contribution in [3.05, 3.63) is 36.4 Å². The molecular formula is C16H19NO4. The number of likely N-dealkylation sites (N-methyl/N-ethyl adjacent to an activating group) is 1. The standard InChI is InChI=1S/C16H19NO4/c1-3-16(19)17(4-2)11-13(18)9-12-5-6-14-15(10-12)21-8-7-20-14/h3,5-6,10H,1,4,7-9,11H2,2H3. The average Bonchev–Trinajstić information content (AvgIpc) is 2.51. The zero-order chi connectivity index (χ0) is 15.2. The lowest BCUT2D eigenvalue weighted by Gasteiger charge is -2.20.